The van der Waals surface area contributed by atoms with Gasteiger partial charge in [0.05, 0.1) is 42.4 Å². The first kappa shape index (κ1) is 27.8. The van der Waals surface area contributed by atoms with E-state index in [4.69, 9.17) is 19.4 Å². The van der Waals surface area contributed by atoms with E-state index in [1.54, 1.807) is 30.6 Å². The van der Waals surface area contributed by atoms with Crippen molar-refractivity contribution in [1.82, 2.24) is 29.8 Å². The Bertz CT molecular complexity index is 1530. The second kappa shape index (κ2) is 11.4. The Balaban J connectivity index is 1.28. The van der Waals surface area contributed by atoms with E-state index in [9.17, 15) is 4.79 Å². The summed E-state index contributed by atoms with van der Waals surface area (Å²) in [6, 6.07) is 9.68. The molecule has 1 aliphatic rings. The first-order chi connectivity index (χ1) is 19.6. The van der Waals surface area contributed by atoms with Gasteiger partial charge < -0.3 is 29.5 Å². The quantitative estimate of drug-likeness (QED) is 0.364. The highest BCUT2D eigenvalue weighted by Gasteiger charge is 2.26. The molecule has 4 aromatic rings. The van der Waals surface area contributed by atoms with Gasteiger partial charge in [-0.15, -0.1) is 0 Å². The Morgan fingerprint density at radius 1 is 0.927 bits per heavy atom. The average molecular weight is 558 g/mol. The van der Waals surface area contributed by atoms with Gasteiger partial charge >= 0.3 is 6.09 Å². The smallest absolute Gasteiger partial charge is 0.410 e. The van der Waals surface area contributed by atoms with Gasteiger partial charge in [-0.1, -0.05) is 6.07 Å². The lowest BCUT2D eigenvalue weighted by Gasteiger charge is -2.36. The maximum absolute atomic E-state index is 12.4. The number of fused-ring (bicyclic) bond motifs is 1. The van der Waals surface area contributed by atoms with Gasteiger partial charge in [0, 0.05) is 45.8 Å². The number of amides is 1. The predicted octanol–water partition coefficient (Wildman–Crippen LogP) is 4.36. The van der Waals surface area contributed by atoms with Crippen molar-refractivity contribution in [1.29, 1.82) is 0 Å². The van der Waals surface area contributed by atoms with Crippen LogP contribution in [0.5, 0.6) is 5.75 Å². The number of anilines is 4. The molecule has 0 saturated carbocycles. The molecule has 12 heteroatoms. The summed E-state index contributed by atoms with van der Waals surface area (Å²) in [5.74, 6) is 2.31. The number of pyridine rings is 1. The summed E-state index contributed by atoms with van der Waals surface area (Å²) < 4.78 is 11.1. The van der Waals surface area contributed by atoms with Crippen LogP contribution < -0.4 is 19.9 Å². The maximum Gasteiger partial charge on any atom is 0.410 e. The topological polar surface area (TPSA) is 122 Å². The largest absolute Gasteiger partial charge is 0.493 e. The van der Waals surface area contributed by atoms with Crippen LogP contribution in [-0.2, 0) is 4.74 Å². The summed E-state index contributed by atoms with van der Waals surface area (Å²) in [7, 11) is 5.45. The molecule has 0 atom stereocenters. The van der Waals surface area contributed by atoms with Gasteiger partial charge in [0.25, 0.3) is 0 Å². The lowest BCUT2D eigenvalue weighted by molar-refractivity contribution is 0.0240. The minimum Gasteiger partial charge on any atom is -0.493 e. The van der Waals surface area contributed by atoms with Crippen molar-refractivity contribution in [3.63, 3.8) is 0 Å². The zero-order valence-corrected chi connectivity index (χ0v) is 24.2. The van der Waals surface area contributed by atoms with Crippen LogP contribution in [0.25, 0.3) is 22.3 Å². The zero-order chi connectivity index (χ0) is 29.1. The standard InChI is InChI=1S/C29H35N9O3/c1-29(2,3)41-28(39)38-13-11-37(12-14-38)20-8-10-24(31-16-20)34-27-32-17-23(40-6)26(35-27)19-7-9-21-22(15-19)33-25(18-30-21)36(4)5/h7-10,15-18H,11-14H2,1-6H3,(H,31,32,34,35). The number of hydrogen-bond acceptors (Lipinski definition) is 11. The number of nitrogens with one attached hydrogen (secondary N) is 1. The summed E-state index contributed by atoms with van der Waals surface area (Å²) in [4.78, 5) is 41.1. The highest BCUT2D eigenvalue weighted by Crippen LogP contribution is 2.31. The molecule has 214 valence electrons. The van der Waals surface area contributed by atoms with E-state index in [2.05, 4.69) is 25.2 Å². The third-order valence-electron chi connectivity index (χ3n) is 6.52. The van der Waals surface area contributed by atoms with Crippen molar-refractivity contribution in [3.05, 3.63) is 48.9 Å². The Morgan fingerprint density at radius 2 is 1.71 bits per heavy atom. The maximum atomic E-state index is 12.4. The molecule has 0 spiro atoms. The van der Waals surface area contributed by atoms with Crippen LogP contribution in [0.1, 0.15) is 20.8 Å². The summed E-state index contributed by atoms with van der Waals surface area (Å²) >= 11 is 0. The number of carbonyl (C=O) groups excluding carboxylic acids is 1. The monoisotopic (exact) mass is 557 g/mol. The summed E-state index contributed by atoms with van der Waals surface area (Å²) in [5.41, 5.74) is 3.48. The minimum atomic E-state index is -0.504. The third-order valence-corrected chi connectivity index (χ3v) is 6.52. The fourth-order valence-corrected chi connectivity index (χ4v) is 4.39. The van der Waals surface area contributed by atoms with E-state index in [1.165, 1.54) is 0 Å². The molecule has 0 bridgehead atoms. The summed E-state index contributed by atoms with van der Waals surface area (Å²) in [6.07, 6.45) is 4.91. The van der Waals surface area contributed by atoms with E-state index in [-0.39, 0.29) is 6.09 Å². The van der Waals surface area contributed by atoms with Crippen molar-refractivity contribution in [3.8, 4) is 17.0 Å². The Morgan fingerprint density at radius 3 is 2.37 bits per heavy atom. The number of ether oxygens (including phenoxy) is 2. The average Bonchev–Trinajstić information content (AvgIpc) is 2.96. The Kier molecular flexibility index (Phi) is 7.73. The summed E-state index contributed by atoms with van der Waals surface area (Å²) in [5, 5.41) is 3.19. The van der Waals surface area contributed by atoms with E-state index < -0.39 is 5.60 Å². The van der Waals surface area contributed by atoms with Gasteiger partial charge in [-0.2, -0.15) is 0 Å². The normalized spacial score (nSPS) is 13.7. The van der Waals surface area contributed by atoms with E-state index >= 15 is 0 Å². The van der Waals surface area contributed by atoms with Gasteiger partial charge in [-0.25, -0.2) is 24.7 Å². The van der Waals surface area contributed by atoms with E-state index in [0.29, 0.717) is 49.4 Å². The lowest BCUT2D eigenvalue weighted by Crippen LogP contribution is -2.50. The highest BCUT2D eigenvalue weighted by atomic mass is 16.6. The molecule has 1 aromatic carbocycles. The minimum absolute atomic E-state index is 0.274. The van der Waals surface area contributed by atoms with Gasteiger partial charge in [0.2, 0.25) is 5.95 Å². The SMILES string of the molecule is COc1cnc(Nc2ccc(N3CCN(C(=O)OC(C)(C)C)CC3)cn2)nc1-c1ccc2ncc(N(C)C)nc2c1. The molecular weight excluding hydrogens is 522 g/mol. The molecule has 0 aliphatic carbocycles. The highest BCUT2D eigenvalue weighted by molar-refractivity contribution is 5.83. The van der Waals surface area contributed by atoms with Crippen molar-refractivity contribution in [2.75, 3.05) is 62.5 Å². The molecule has 4 heterocycles. The zero-order valence-electron chi connectivity index (χ0n) is 24.2. The van der Waals surface area contributed by atoms with Crippen LogP contribution in [0, 0.1) is 0 Å². The third kappa shape index (κ3) is 6.53. The fraction of sp³-hybridized carbons (Fsp3) is 0.379. The molecule has 0 radical (unpaired) electrons. The lowest BCUT2D eigenvalue weighted by atomic mass is 10.1. The molecule has 3 aromatic heterocycles. The molecule has 1 aliphatic heterocycles. The number of piperazine rings is 1. The van der Waals surface area contributed by atoms with Crippen molar-refractivity contribution in [2.24, 2.45) is 0 Å². The van der Waals surface area contributed by atoms with Crippen LogP contribution in [0.15, 0.2) is 48.9 Å². The summed E-state index contributed by atoms with van der Waals surface area (Å²) in [6.45, 7) is 8.21. The van der Waals surface area contributed by atoms with Crippen molar-refractivity contribution < 1.29 is 14.3 Å². The number of methoxy groups -OCH3 is 1. The second-order valence-electron chi connectivity index (χ2n) is 10.9. The molecule has 1 amide bonds. The van der Waals surface area contributed by atoms with Gasteiger partial charge in [0.1, 0.15) is 22.9 Å². The number of carbonyl (C=O) groups is 1. The molecule has 41 heavy (non-hydrogen) atoms. The van der Waals surface area contributed by atoms with Crippen LogP contribution in [0.2, 0.25) is 0 Å². The second-order valence-corrected chi connectivity index (χ2v) is 10.9. The molecular formula is C29H35N9O3. The Hall–Kier alpha value is -4.74. The Labute approximate surface area is 239 Å². The van der Waals surface area contributed by atoms with Crippen LogP contribution >= 0.6 is 0 Å². The van der Waals surface area contributed by atoms with Gasteiger partial charge in [0.15, 0.2) is 5.75 Å². The van der Waals surface area contributed by atoms with E-state index in [1.807, 2.05) is 70.1 Å². The van der Waals surface area contributed by atoms with Crippen LogP contribution in [0.4, 0.5) is 28.1 Å². The number of aromatic nitrogens is 5. The molecule has 5 rings (SSSR count). The molecule has 12 nitrogen and oxygen atoms in total. The van der Waals surface area contributed by atoms with Gasteiger partial charge in [-0.3, -0.25) is 4.98 Å². The van der Waals surface area contributed by atoms with Crippen molar-refractivity contribution in [2.45, 2.75) is 26.4 Å². The molecule has 0 unspecified atom stereocenters. The molecule has 1 fully saturated rings. The molecule has 1 saturated heterocycles. The van der Waals surface area contributed by atoms with Crippen LogP contribution in [0.3, 0.4) is 0 Å². The van der Waals surface area contributed by atoms with Gasteiger partial charge in [-0.05, 0) is 45.0 Å². The van der Waals surface area contributed by atoms with Crippen LogP contribution in [-0.4, -0.2) is 88.9 Å². The molecule has 1 N–H and O–H groups in total. The first-order valence-corrected chi connectivity index (χ1v) is 13.4. The number of rotatable bonds is 6. The number of benzene rings is 1. The number of hydrogen-bond donors (Lipinski definition) is 1. The van der Waals surface area contributed by atoms with E-state index in [0.717, 1.165) is 28.1 Å². The predicted molar refractivity (Wildman–Crippen MR) is 159 cm³/mol. The fourth-order valence-electron chi connectivity index (χ4n) is 4.39. The first-order valence-electron chi connectivity index (χ1n) is 13.4. The van der Waals surface area contributed by atoms with Crippen molar-refractivity contribution >= 4 is 40.4 Å². The number of nitrogens with zero attached hydrogens (tertiary/aromatic N) is 8.